The number of hydrogen-bond donors (Lipinski definition) is 0. The molecule has 3 aliphatic rings. The first kappa shape index (κ1) is 39.4. The highest BCUT2D eigenvalue weighted by Crippen LogP contribution is 2.66. The maximum atomic E-state index is 4.58. The van der Waals surface area contributed by atoms with Gasteiger partial charge < -0.3 is 14.7 Å². The van der Waals surface area contributed by atoms with Crippen LogP contribution < -0.4 is 14.7 Å². The zero-order valence-electron chi connectivity index (χ0n) is 35.3. The number of allylic oxidation sites excluding steroid dienone is 6. The molecule has 5 aromatic carbocycles. The number of anilines is 6. The first-order valence-corrected chi connectivity index (χ1v) is 21.6. The van der Waals surface area contributed by atoms with Crippen LogP contribution >= 0.6 is 0 Å². The molecule has 296 valence electrons. The van der Waals surface area contributed by atoms with E-state index in [1.807, 2.05) is 24.3 Å². The van der Waals surface area contributed by atoms with Gasteiger partial charge in [0.15, 0.2) is 0 Å². The normalized spacial score (nSPS) is 14.6. The van der Waals surface area contributed by atoms with Crippen molar-refractivity contribution in [2.45, 2.75) is 72.1 Å². The molecular formula is C54H55N5. The van der Waals surface area contributed by atoms with Crippen molar-refractivity contribution in [3.05, 3.63) is 173 Å². The Morgan fingerprint density at radius 3 is 1.41 bits per heavy atom. The minimum Gasteiger partial charge on any atom is -0.341 e. The van der Waals surface area contributed by atoms with E-state index < -0.39 is 5.41 Å². The molecule has 0 fully saturated rings. The van der Waals surface area contributed by atoms with Gasteiger partial charge in [0.2, 0.25) is 0 Å². The van der Waals surface area contributed by atoms with Crippen LogP contribution in [0.15, 0.2) is 155 Å². The van der Waals surface area contributed by atoms with Crippen molar-refractivity contribution in [2.24, 2.45) is 10.2 Å². The molecule has 5 nitrogen and oxygen atoms in total. The van der Waals surface area contributed by atoms with Gasteiger partial charge in [0, 0.05) is 76.0 Å². The van der Waals surface area contributed by atoms with Crippen molar-refractivity contribution in [1.82, 2.24) is 0 Å². The fraction of sp³-hybridized carbons (Fsp3) is 0.259. The molecule has 5 heteroatoms. The number of nitrogens with zero attached hydrogens (tertiary/aromatic N) is 5. The molecule has 3 heterocycles. The third-order valence-corrected chi connectivity index (χ3v) is 11.8. The summed E-state index contributed by atoms with van der Waals surface area (Å²) in [5, 5.41) is 9.13. The lowest BCUT2D eigenvalue weighted by atomic mass is 9.61. The van der Waals surface area contributed by atoms with Gasteiger partial charge in [-0.1, -0.05) is 119 Å². The molecule has 8 rings (SSSR count). The summed E-state index contributed by atoms with van der Waals surface area (Å²) in [5.41, 5.74) is 17.0. The van der Waals surface area contributed by atoms with E-state index in [-0.39, 0.29) is 0 Å². The Hall–Kier alpha value is -6.38. The molecule has 0 N–H and O–H groups in total. The highest BCUT2D eigenvalue weighted by Gasteiger charge is 2.55. The fourth-order valence-corrected chi connectivity index (χ4v) is 9.09. The van der Waals surface area contributed by atoms with Gasteiger partial charge in [-0.15, -0.1) is 0 Å². The number of hydrogen-bond acceptors (Lipinski definition) is 5. The molecule has 0 saturated heterocycles. The van der Waals surface area contributed by atoms with E-state index in [0.29, 0.717) is 0 Å². The average Bonchev–Trinajstić information content (AvgIpc) is 3.27. The molecule has 0 spiro atoms. The van der Waals surface area contributed by atoms with Gasteiger partial charge in [0.1, 0.15) is 5.41 Å². The Labute approximate surface area is 351 Å². The van der Waals surface area contributed by atoms with E-state index in [1.165, 1.54) is 62.0 Å². The van der Waals surface area contributed by atoms with Crippen LogP contribution in [0.1, 0.15) is 94.5 Å². The Morgan fingerprint density at radius 1 is 0.559 bits per heavy atom. The van der Waals surface area contributed by atoms with Crippen molar-refractivity contribution < 1.29 is 0 Å². The van der Waals surface area contributed by atoms with Gasteiger partial charge in [-0.05, 0) is 116 Å². The Kier molecular flexibility index (Phi) is 11.5. The number of azo groups is 1. The maximum Gasteiger partial charge on any atom is 0.119 e. The Balaban J connectivity index is 1.13. The highest BCUT2D eigenvalue weighted by atomic mass is 15.2. The SMILES string of the molecule is C=C(CC)/C(=C/C=C/C=C/c1ccc(N=Nc2ccc(C#CC34c5c6cccc5N(CCC)c5cccc(c53)N(CCC)c3cccc(c34)N6CCC)cc2)cc1)CC. The molecule has 0 radical (unpaired) electrons. The monoisotopic (exact) mass is 773 g/mol. The molecule has 59 heavy (non-hydrogen) atoms. The van der Waals surface area contributed by atoms with Gasteiger partial charge in [-0.25, -0.2) is 0 Å². The van der Waals surface area contributed by atoms with Crippen molar-refractivity contribution in [3.8, 4) is 11.8 Å². The highest BCUT2D eigenvalue weighted by molar-refractivity contribution is 6.02. The van der Waals surface area contributed by atoms with E-state index >= 15 is 0 Å². The van der Waals surface area contributed by atoms with Crippen molar-refractivity contribution in [3.63, 3.8) is 0 Å². The van der Waals surface area contributed by atoms with Crippen LogP contribution in [0.25, 0.3) is 6.08 Å². The van der Waals surface area contributed by atoms with Gasteiger partial charge in [0.05, 0.1) is 11.4 Å². The molecule has 3 aliphatic heterocycles. The third kappa shape index (κ3) is 7.12. The zero-order chi connectivity index (χ0) is 40.9. The topological polar surface area (TPSA) is 34.4 Å². The second-order valence-corrected chi connectivity index (χ2v) is 15.6. The van der Waals surface area contributed by atoms with Crippen LogP contribution in [-0.2, 0) is 5.41 Å². The van der Waals surface area contributed by atoms with Gasteiger partial charge >= 0.3 is 0 Å². The molecule has 0 atom stereocenters. The molecule has 0 aliphatic carbocycles. The largest absolute Gasteiger partial charge is 0.341 e. The average molecular weight is 774 g/mol. The lowest BCUT2D eigenvalue weighted by molar-refractivity contribution is 0.703. The van der Waals surface area contributed by atoms with Gasteiger partial charge in [-0.3, -0.25) is 0 Å². The smallest absolute Gasteiger partial charge is 0.119 e. The second kappa shape index (κ2) is 17.2. The predicted molar refractivity (Wildman–Crippen MR) is 251 cm³/mol. The van der Waals surface area contributed by atoms with Crippen molar-refractivity contribution in [2.75, 3.05) is 34.3 Å². The van der Waals surface area contributed by atoms with Crippen LogP contribution in [0.3, 0.4) is 0 Å². The Morgan fingerprint density at radius 2 is 1.00 bits per heavy atom. The minimum absolute atomic E-state index is 0.641. The molecule has 0 aromatic heterocycles. The lowest BCUT2D eigenvalue weighted by Crippen LogP contribution is -2.47. The van der Waals surface area contributed by atoms with Gasteiger partial charge in [0.25, 0.3) is 0 Å². The van der Waals surface area contributed by atoms with Crippen LogP contribution in [0, 0.1) is 11.8 Å². The fourth-order valence-electron chi connectivity index (χ4n) is 9.09. The minimum atomic E-state index is -0.641. The third-order valence-electron chi connectivity index (χ3n) is 11.8. The quantitative estimate of drug-likeness (QED) is 0.0640. The van der Waals surface area contributed by atoms with Crippen molar-refractivity contribution >= 4 is 51.6 Å². The standard InChI is InChI=1S/C54H55N5/c1-7-36-57-45-20-15-22-47-51(45)54(52-46(57)21-16-23-48(52)59(38-9-3)50-25-17-24-49(53(50)54)58(47)37-8-2)35-34-41-28-32-44(33-29-41)56-55-43-30-26-40(27-31-43)18-13-12-14-19-42(11-5)39(6)10-4/h12-33H,6-11,36-38H2,1-5H3/b14-12+,18-13+,42-19+,56-55?. The summed E-state index contributed by atoms with van der Waals surface area (Å²) in [5.74, 6) is 7.79. The Bertz CT molecular complexity index is 2330. The van der Waals surface area contributed by atoms with E-state index in [2.05, 4.69) is 187 Å². The van der Waals surface area contributed by atoms with Crippen molar-refractivity contribution in [1.29, 1.82) is 0 Å². The predicted octanol–water partition coefficient (Wildman–Crippen LogP) is 14.9. The van der Waals surface area contributed by atoms with E-state index in [0.717, 1.165) is 74.2 Å². The second-order valence-electron chi connectivity index (χ2n) is 15.6. The lowest BCUT2D eigenvalue weighted by Gasteiger charge is -2.54. The van der Waals surface area contributed by atoms with Crippen LogP contribution in [0.5, 0.6) is 0 Å². The summed E-state index contributed by atoms with van der Waals surface area (Å²) in [6.07, 6.45) is 15.6. The number of rotatable bonds is 14. The first-order chi connectivity index (χ1) is 29.0. The molecule has 0 amide bonds. The molecule has 0 saturated carbocycles. The molecular weight excluding hydrogens is 719 g/mol. The van der Waals surface area contributed by atoms with E-state index in [9.17, 15) is 0 Å². The van der Waals surface area contributed by atoms with Crippen LogP contribution in [0.4, 0.5) is 45.5 Å². The summed E-state index contributed by atoms with van der Waals surface area (Å²) < 4.78 is 0. The van der Waals surface area contributed by atoms with Gasteiger partial charge in [-0.2, -0.15) is 10.2 Å². The summed E-state index contributed by atoms with van der Waals surface area (Å²) >= 11 is 0. The summed E-state index contributed by atoms with van der Waals surface area (Å²) in [7, 11) is 0. The number of benzene rings is 5. The summed E-state index contributed by atoms with van der Waals surface area (Å²) in [6, 6.07) is 36.9. The molecule has 5 aromatic rings. The summed E-state index contributed by atoms with van der Waals surface area (Å²) in [4.78, 5) is 7.67. The maximum absolute atomic E-state index is 4.58. The molecule has 0 unspecified atom stereocenters. The summed E-state index contributed by atoms with van der Waals surface area (Å²) in [6.45, 7) is 18.1. The van der Waals surface area contributed by atoms with E-state index in [4.69, 9.17) is 0 Å². The van der Waals surface area contributed by atoms with Crippen LogP contribution in [-0.4, -0.2) is 19.6 Å². The first-order valence-electron chi connectivity index (χ1n) is 21.6. The van der Waals surface area contributed by atoms with Crippen LogP contribution in [0.2, 0.25) is 0 Å². The zero-order valence-corrected chi connectivity index (χ0v) is 35.3. The molecule has 0 bridgehead atoms. The van der Waals surface area contributed by atoms with E-state index in [1.54, 1.807) is 0 Å².